The van der Waals surface area contributed by atoms with Crippen LogP contribution in [0.5, 0.6) is 0 Å². The molecular formula is C15H18N6. The molecule has 0 aliphatic heterocycles. The van der Waals surface area contributed by atoms with Gasteiger partial charge in [0.25, 0.3) is 0 Å². The lowest BCUT2D eigenvalue weighted by Gasteiger charge is -2.03. The SMILES string of the molecule is NC(N)=NC(N)=Nc1cccc(CCc2ccncc2)c1. The van der Waals surface area contributed by atoms with Gasteiger partial charge in [0.15, 0.2) is 5.96 Å². The van der Waals surface area contributed by atoms with Crippen LogP contribution in [0, 0.1) is 0 Å². The van der Waals surface area contributed by atoms with Crippen LogP contribution in [-0.4, -0.2) is 16.9 Å². The van der Waals surface area contributed by atoms with E-state index in [1.807, 2.05) is 30.3 Å². The van der Waals surface area contributed by atoms with Gasteiger partial charge >= 0.3 is 0 Å². The second kappa shape index (κ2) is 7.04. The molecule has 0 amide bonds. The molecule has 0 fully saturated rings. The van der Waals surface area contributed by atoms with Crippen LogP contribution in [0.1, 0.15) is 11.1 Å². The van der Waals surface area contributed by atoms with Crippen molar-refractivity contribution in [3.05, 3.63) is 59.9 Å². The van der Waals surface area contributed by atoms with E-state index in [0.29, 0.717) is 0 Å². The predicted molar refractivity (Wildman–Crippen MR) is 85.2 cm³/mol. The number of pyridine rings is 1. The highest BCUT2D eigenvalue weighted by Crippen LogP contribution is 2.16. The number of rotatable bonds is 4. The lowest BCUT2D eigenvalue weighted by atomic mass is 10.1. The van der Waals surface area contributed by atoms with E-state index in [1.54, 1.807) is 12.4 Å². The standard InChI is InChI=1S/C15H18N6/c16-14(17)21-15(18)20-13-3-1-2-12(10-13)5-4-11-6-8-19-9-7-11/h1-3,6-10H,4-5H2,(H6,16,17,18,20,21). The number of nitrogens with two attached hydrogens (primary N) is 3. The number of aryl methyl sites for hydroxylation is 2. The number of guanidine groups is 2. The number of hydrogen-bond donors (Lipinski definition) is 3. The maximum absolute atomic E-state index is 5.62. The van der Waals surface area contributed by atoms with E-state index in [0.717, 1.165) is 18.5 Å². The van der Waals surface area contributed by atoms with Crippen LogP contribution in [0.3, 0.4) is 0 Å². The second-order valence-corrected chi connectivity index (χ2v) is 4.53. The molecule has 0 unspecified atom stereocenters. The summed E-state index contributed by atoms with van der Waals surface area (Å²) in [5.74, 6) is -0.0635. The Bertz CT molecular complexity index is 644. The molecule has 1 heterocycles. The lowest BCUT2D eigenvalue weighted by Crippen LogP contribution is -2.26. The van der Waals surface area contributed by atoms with Gasteiger partial charge in [0, 0.05) is 12.4 Å². The molecule has 6 heteroatoms. The van der Waals surface area contributed by atoms with E-state index < -0.39 is 0 Å². The Morgan fingerprint density at radius 2 is 1.67 bits per heavy atom. The largest absolute Gasteiger partial charge is 0.370 e. The smallest absolute Gasteiger partial charge is 0.223 e. The average Bonchev–Trinajstić information content (AvgIpc) is 2.46. The molecule has 6 N–H and O–H groups in total. The predicted octanol–water partition coefficient (Wildman–Crippen LogP) is 1.09. The first kappa shape index (κ1) is 14.5. The molecule has 0 atom stereocenters. The summed E-state index contributed by atoms with van der Waals surface area (Å²) < 4.78 is 0. The van der Waals surface area contributed by atoms with Crippen molar-refractivity contribution in [3.8, 4) is 0 Å². The third-order valence-corrected chi connectivity index (χ3v) is 2.85. The van der Waals surface area contributed by atoms with E-state index in [9.17, 15) is 0 Å². The van der Waals surface area contributed by atoms with Crippen LogP contribution in [0.2, 0.25) is 0 Å². The van der Waals surface area contributed by atoms with Gasteiger partial charge in [0.2, 0.25) is 5.96 Å². The van der Waals surface area contributed by atoms with Gasteiger partial charge in [0.05, 0.1) is 5.69 Å². The number of aliphatic imine (C=N–C) groups is 2. The second-order valence-electron chi connectivity index (χ2n) is 4.53. The molecule has 1 aromatic carbocycles. The van der Waals surface area contributed by atoms with Gasteiger partial charge in [0.1, 0.15) is 0 Å². The fourth-order valence-corrected chi connectivity index (χ4v) is 1.91. The molecule has 0 radical (unpaired) electrons. The molecule has 0 saturated carbocycles. The van der Waals surface area contributed by atoms with Crippen molar-refractivity contribution in [2.45, 2.75) is 12.8 Å². The third kappa shape index (κ3) is 4.94. The van der Waals surface area contributed by atoms with E-state index >= 15 is 0 Å². The summed E-state index contributed by atoms with van der Waals surface area (Å²) in [5.41, 5.74) is 19.3. The highest BCUT2D eigenvalue weighted by atomic mass is 15.1. The van der Waals surface area contributed by atoms with E-state index in [-0.39, 0.29) is 11.9 Å². The minimum atomic E-state index is -0.106. The molecule has 21 heavy (non-hydrogen) atoms. The molecule has 108 valence electrons. The molecule has 0 bridgehead atoms. The van der Waals surface area contributed by atoms with Crippen molar-refractivity contribution in [1.29, 1.82) is 0 Å². The fraction of sp³-hybridized carbons (Fsp3) is 0.133. The van der Waals surface area contributed by atoms with E-state index in [2.05, 4.69) is 21.0 Å². The highest BCUT2D eigenvalue weighted by molar-refractivity contribution is 5.93. The van der Waals surface area contributed by atoms with Gasteiger partial charge < -0.3 is 17.2 Å². The Hall–Kier alpha value is -2.89. The Morgan fingerprint density at radius 3 is 2.38 bits per heavy atom. The molecule has 0 aliphatic carbocycles. The molecule has 0 aliphatic rings. The van der Waals surface area contributed by atoms with Gasteiger partial charge in [-0.1, -0.05) is 12.1 Å². The molecule has 0 saturated heterocycles. The van der Waals surface area contributed by atoms with E-state index in [1.165, 1.54) is 11.1 Å². The van der Waals surface area contributed by atoms with Crippen molar-refractivity contribution in [2.75, 3.05) is 0 Å². The van der Waals surface area contributed by atoms with Crippen LogP contribution >= 0.6 is 0 Å². The number of benzene rings is 1. The van der Waals surface area contributed by atoms with Crippen molar-refractivity contribution in [1.82, 2.24) is 4.98 Å². The molecule has 1 aromatic heterocycles. The monoisotopic (exact) mass is 282 g/mol. The van der Waals surface area contributed by atoms with Crippen LogP contribution in [-0.2, 0) is 12.8 Å². The summed E-state index contributed by atoms with van der Waals surface area (Å²) in [6, 6.07) is 11.8. The normalized spacial score (nSPS) is 11.1. The topological polar surface area (TPSA) is 116 Å². The molecular weight excluding hydrogens is 264 g/mol. The van der Waals surface area contributed by atoms with Crippen LogP contribution in [0.15, 0.2) is 58.8 Å². The van der Waals surface area contributed by atoms with Gasteiger partial charge in [-0.3, -0.25) is 4.98 Å². The highest BCUT2D eigenvalue weighted by Gasteiger charge is 1.98. The average molecular weight is 282 g/mol. The lowest BCUT2D eigenvalue weighted by molar-refractivity contribution is 0.955. The first-order valence-electron chi connectivity index (χ1n) is 6.55. The van der Waals surface area contributed by atoms with Gasteiger partial charge in [-0.15, -0.1) is 0 Å². The third-order valence-electron chi connectivity index (χ3n) is 2.85. The van der Waals surface area contributed by atoms with Crippen molar-refractivity contribution >= 4 is 17.6 Å². The molecule has 6 nitrogen and oxygen atoms in total. The summed E-state index contributed by atoms with van der Waals surface area (Å²) in [5, 5.41) is 0. The Balaban J connectivity index is 2.06. The Morgan fingerprint density at radius 1 is 0.952 bits per heavy atom. The quantitative estimate of drug-likeness (QED) is 0.575. The maximum Gasteiger partial charge on any atom is 0.223 e. The number of aromatic nitrogens is 1. The fourth-order valence-electron chi connectivity index (χ4n) is 1.91. The van der Waals surface area contributed by atoms with Crippen molar-refractivity contribution in [3.63, 3.8) is 0 Å². The van der Waals surface area contributed by atoms with Crippen molar-refractivity contribution < 1.29 is 0 Å². The first-order chi connectivity index (χ1) is 10.1. The summed E-state index contributed by atoms with van der Waals surface area (Å²) in [7, 11) is 0. The molecule has 2 rings (SSSR count). The molecule has 2 aromatic rings. The number of nitrogens with zero attached hydrogens (tertiary/aromatic N) is 3. The Labute approximate surface area is 123 Å². The van der Waals surface area contributed by atoms with Crippen molar-refractivity contribution in [2.24, 2.45) is 27.2 Å². The zero-order valence-corrected chi connectivity index (χ0v) is 11.6. The zero-order chi connectivity index (χ0) is 15.1. The summed E-state index contributed by atoms with van der Waals surface area (Å²) in [4.78, 5) is 11.8. The van der Waals surface area contributed by atoms with Gasteiger partial charge in [-0.25, -0.2) is 4.99 Å². The first-order valence-corrected chi connectivity index (χ1v) is 6.55. The zero-order valence-electron chi connectivity index (χ0n) is 11.6. The number of hydrogen-bond acceptors (Lipinski definition) is 2. The molecule has 0 spiro atoms. The minimum Gasteiger partial charge on any atom is -0.370 e. The van der Waals surface area contributed by atoms with Gasteiger partial charge in [-0.05, 0) is 48.2 Å². The van der Waals surface area contributed by atoms with Crippen LogP contribution in [0.4, 0.5) is 5.69 Å². The van der Waals surface area contributed by atoms with E-state index in [4.69, 9.17) is 17.2 Å². The summed E-state index contributed by atoms with van der Waals surface area (Å²) in [6.07, 6.45) is 5.45. The Kier molecular flexibility index (Phi) is 4.87. The maximum atomic E-state index is 5.62. The minimum absolute atomic E-state index is 0.0429. The van der Waals surface area contributed by atoms with Crippen LogP contribution < -0.4 is 17.2 Å². The van der Waals surface area contributed by atoms with Crippen LogP contribution in [0.25, 0.3) is 0 Å². The van der Waals surface area contributed by atoms with Gasteiger partial charge in [-0.2, -0.15) is 4.99 Å². The summed E-state index contributed by atoms with van der Waals surface area (Å²) >= 11 is 0. The summed E-state index contributed by atoms with van der Waals surface area (Å²) in [6.45, 7) is 0.